The molecule has 0 radical (unpaired) electrons. The SMILES string of the molecule is COc1cccc2c(C)coc2c1=O. The predicted octanol–water partition coefficient (Wildman–Crippen LogP) is 2.11. The Bertz CT molecular complexity index is 526. The summed E-state index contributed by atoms with van der Waals surface area (Å²) in [6.07, 6.45) is 1.57. The van der Waals surface area contributed by atoms with Crippen molar-refractivity contribution >= 4 is 11.0 Å². The van der Waals surface area contributed by atoms with Gasteiger partial charge in [0.1, 0.15) is 0 Å². The van der Waals surface area contributed by atoms with Gasteiger partial charge in [-0.05, 0) is 18.6 Å². The van der Waals surface area contributed by atoms with Crippen molar-refractivity contribution in [2.24, 2.45) is 0 Å². The average Bonchev–Trinajstić information content (AvgIpc) is 2.45. The molecule has 2 rings (SSSR count). The maximum Gasteiger partial charge on any atom is 0.263 e. The smallest absolute Gasteiger partial charge is 0.263 e. The van der Waals surface area contributed by atoms with Crippen LogP contribution in [0.15, 0.2) is 33.7 Å². The highest BCUT2D eigenvalue weighted by molar-refractivity contribution is 5.80. The third-order valence-corrected chi connectivity index (χ3v) is 2.18. The first kappa shape index (κ1) is 8.81. The van der Waals surface area contributed by atoms with Crippen LogP contribution in [0.5, 0.6) is 5.75 Å². The summed E-state index contributed by atoms with van der Waals surface area (Å²) >= 11 is 0. The summed E-state index contributed by atoms with van der Waals surface area (Å²) in [5.41, 5.74) is 1.10. The van der Waals surface area contributed by atoms with Crippen LogP contribution in [0.4, 0.5) is 0 Å². The Kier molecular flexibility index (Phi) is 2.00. The number of fused-ring (bicyclic) bond motifs is 1. The second kappa shape index (κ2) is 3.18. The van der Waals surface area contributed by atoms with Crippen LogP contribution in [0.2, 0.25) is 0 Å². The first-order chi connectivity index (χ1) is 6.74. The largest absolute Gasteiger partial charge is 0.493 e. The van der Waals surface area contributed by atoms with E-state index in [-0.39, 0.29) is 5.43 Å². The molecule has 1 aromatic carbocycles. The van der Waals surface area contributed by atoms with Gasteiger partial charge in [0.05, 0.1) is 13.4 Å². The molecule has 72 valence electrons. The minimum atomic E-state index is -0.208. The van der Waals surface area contributed by atoms with Gasteiger partial charge in [-0.1, -0.05) is 12.1 Å². The van der Waals surface area contributed by atoms with E-state index in [2.05, 4.69) is 0 Å². The molecule has 0 fully saturated rings. The maximum absolute atomic E-state index is 11.8. The van der Waals surface area contributed by atoms with Gasteiger partial charge < -0.3 is 9.15 Å². The van der Waals surface area contributed by atoms with Crippen LogP contribution in [0.25, 0.3) is 11.0 Å². The molecule has 14 heavy (non-hydrogen) atoms. The van der Waals surface area contributed by atoms with Gasteiger partial charge in [-0.3, -0.25) is 4.79 Å². The van der Waals surface area contributed by atoms with Crippen LogP contribution >= 0.6 is 0 Å². The Labute approximate surface area is 80.9 Å². The monoisotopic (exact) mass is 190 g/mol. The Balaban J connectivity index is 2.96. The quantitative estimate of drug-likeness (QED) is 0.691. The summed E-state index contributed by atoms with van der Waals surface area (Å²) in [5.74, 6) is 0.300. The Morgan fingerprint density at radius 2 is 2.14 bits per heavy atom. The van der Waals surface area contributed by atoms with Crippen molar-refractivity contribution in [3.8, 4) is 5.75 Å². The van der Waals surface area contributed by atoms with E-state index in [1.54, 1.807) is 18.4 Å². The molecule has 0 N–H and O–H groups in total. The van der Waals surface area contributed by atoms with Crippen molar-refractivity contribution in [1.29, 1.82) is 0 Å². The van der Waals surface area contributed by atoms with Crippen LogP contribution < -0.4 is 10.2 Å². The van der Waals surface area contributed by atoms with E-state index in [9.17, 15) is 4.79 Å². The van der Waals surface area contributed by atoms with Gasteiger partial charge in [0.25, 0.3) is 5.43 Å². The lowest BCUT2D eigenvalue weighted by atomic mass is 10.2. The predicted molar refractivity (Wildman–Crippen MR) is 53.8 cm³/mol. The number of hydrogen-bond donors (Lipinski definition) is 0. The minimum absolute atomic E-state index is 0.208. The third-order valence-electron chi connectivity index (χ3n) is 2.18. The minimum Gasteiger partial charge on any atom is -0.493 e. The Morgan fingerprint density at radius 3 is 2.86 bits per heavy atom. The number of rotatable bonds is 1. The molecule has 3 heteroatoms. The number of furan rings is 1. The highest BCUT2D eigenvalue weighted by Gasteiger charge is 2.07. The van der Waals surface area contributed by atoms with E-state index in [1.165, 1.54) is 7.11 Å². The van der Waals surface area contributed by atoms with Crippen molar-refractivity contribution < 1.29 is 9.15 Å². The molecular weight excluding hydrogens is 180 g/mol. The molecule has 0 aliphatic rings. The maximum atomic E-state index is 11.8. The van der Waals surface area contributed by atoms with E-state index in [4.69, 9.17) is 9.15 Å². The first-order valence-corrected chi connectivity index (χ1v) is 4.29. The van der Waals surface area contributed by atoms with Crippen LogP contribution in [0.3, 0.4) is 0 Å². The molecular formula is C11H10O3. The van der Waals surface area contributed by atoms with Crippen LogP contribution in [0.1, 0.15) is 5.56 Å². The molecule has 0 unspecified atom stereocenters. The standard InChI is InChI=1S/C11H10O3/c1-7-6-14-11-8(7)4-3-5-9(13-2)10(11)12/h3-6H,1-2H3. The average molecular weight is 190 g/mol. The molecule has 1 aromatic heterocycles. The molecule has 0 aliphatic heterocycles. The van der Waals surface area contributed by atoms with Crippen LogP contribution in [-0.4, -0.2) is 7.11 Å². The molecule has 3 nitrogen and oxygen atoms in total. The van der Waals surface area contributed by atoms with Crippen molar-refractivity contribution in [2.75, 3.05) is 7.11 Å². The summed E-state index contributed by atoms with van der Waals surface area (Å²) < 4.78 is 10.1. The second-order valence-electron chi connectivity index (χ2n) is 3.08. The van der Waals surface area contributed by atoms with E-state index in [0.717, 1.165) is 10.9 Å². The highest BCUT2D eigenvalue weighted by atomic mass is 16.5. The first-order valence-electron chi connectivity index (χ1n) is 4.29. The van der Waals surface area contributed by atoms with Gasteiger partial charge in [-0.25, -0.2) is 0 Å². The molecule has 0 amide bonds. The van der Waals surface area contributed by atoms with Crippen LogP contribution in [0, 0.1) is 6.92 Å². The van der Waals surface area contributed by atoms with Crippen molar-refractivity contribution in [3.05, 3.63) is 40.2 Å². The normalized spacial score (nSPS) is 10.4. The number of hydrogen-bond acceptors (Lipinski definition) is 3. The highest BCUT2D eigenvalue weighted by Crippen LogP contribution is 2.17. The van der Waals surface area contributed by atoms with Crippen LogP contribution in [-0.2, 0) is 0 Å². The third kappa shape index (κ3) is 1.18. The lowest BCUT2D eigenvalue weighted by molar-refractivity contribution is 0.411. The Hall–Kier alpha value is -1.77. The number of aryl methyl sites for hydroxylation is 1. The summed E-state index contributed by atoms with van der Waals surface area (Å²) in [6, 6.07) is 5.26. The van der Waals surface area contributed by atoms with E-state index >= 15 is 0 Å². The fourth-order valence-electron chi connectivity index (χ4n) is 1.42. The van der Waals surface area contributed by atoms with Gasteiger partial charge in [0.15, 0.2) is 11.3 Å². The summed E-state index contributed by atoms with van der Waals surface area (Å²) in [5, 5.41) is 0.832. The van der Waals surface area contributed by atoms with Gasteiger partial charge in [0, 0.05) is 5.39 Å². The number of ether oxygens (including phenoxy) is 1. The van der Waals surface area contributed by atoms with E-state index in [0.29, 0.717) is 11.3 Å². The summed E-state index contributed by atoms with van der Waals surface area (Å²) in [6.45, 7) is 1.90. The van der Waals surface area contributed by atoms with Crippen molar-refractivity contribution in [1.82, 2.24) is 0 Å². The molecule has 0 spiro atoms. The molecule has 0 saturated carbocycles. The van der Waals surface area contributed by atoms with Gasteiger partial charge in [0.2, 0.25) is 0 Å². The molecule has 1 heterocycles. The molecule has 0 atom stereocenters. The van der Waals surface area contributed by atoms with Gasteiger partial charge in [-0.2, -0.15) is 0 Å². The van der Waals surface area contributed by atoms with E-state index in [1.807, 2.05) is 13.0 Å². The fourth-order valence-corrected chi connectivity index (χ4v) is 1.42. The van der Waals surface area contributed by atoms with Gasteiger partial charge >= 0.3 is 0 Å². The Morgan fingerprint density at radius 1 is 1.36 bits per heavy atom. The molecule has 0 bridgehead atoms. The van der Waals surface area contributed by atoms with Crippen molar-refractivity contribution in [2.45, 2.75) is 6.92 Å². The van der Waals surface area contributed by atoms with E-state index < -0.39 is 0 Å². The number of methoxy groups -OCH3 is 1. The lowest BCUT2D eigenvalue weighted by Gasteiger charge is -1.90. The zero-order chi connectivity index (χ0) is 10.1. The fraction of sp³-hybridized carbons (Fsp3) is 0.182. The molecule has 2 aromatic rings. The molecule has 0 saturated heterocycles. The molecule has 0 aliphatic carbocycles. The second-order valence-corrected chi connectivity index (χ2v) is 3.08. The lowest BCUT2D eigenvalue weighted by Crippen LogP contribution is -2.01. The zero-order valence-electron chi connectivity index (χ0n) is 8.03. The van der Waals surface area contributed by atoms with Crippen molar-refractivity contribution in [3.63, 3.8) is 0 Å². The zero-order valence-corrected chi connectivity index (χ0v) is 8.03. The summed E-state index contributed by atoms with van der Waals surface area (Å²) in [4.78, 5) is 11.8. The topological polar surface area (TPSA) is 39.4 Å². The summed E-state index contributed by atoms with van der Waals surface area (Å²) in [7, 11) is 1.47. The van der Waals surface area contributed by atoms with Gasteiger partial charge in [-0.15, -0.1) is 0 Å².